The summed E-state index contributed by atoms with van der Waals surface area (Å²) in [6, 6.07) is 10.6. The van der Waals surface area contributed by atoms with Crippen molar-refractivity contribution in [3.8, 4) is 0 Å². The van der Waals surface area contributed by atoms with Gasteiger partial charge in [0.2, 0.25) is 0 Å². The summed E-state index contributed by atoms with van der Waals surface area (Å²) in [6.07, 6.45) is 6.81. The van der Waals surface area contributed by atoms with Gasteiger partial charge in [0.25, 0.3) is 0 Å². The number of ether oxygens (including phenoxy) is 1. The summed E-state index contributed by atoms with van der Waals surface area (Å²) in [7, 11) is 0. The summed E-state index contributed by atoms with van der Waals surface area (Å²) in [5, 5.41) is 14.3. The van der Waals surface area contributed by atoms with Crippen LogP contribution in [0.15, 0.2) is 30.3 Å². The van der Waals surface area contributed by atoms with E-state index in [0.29, 0.717) is 25.8 Å². The van der Waals surface area contributed by atoms with Crippen LogP contribution in [-0.4, -0.2) is 41.9 Å². The fraction of sp³-hybridized carbons (Fsp3) is 0.647. The van der Waals surface area contributed by atoms with E-state index >= 15 is 0 Å². The van der Waals surface area contributed by atoms with Gasteiger partial charge >= 0.3 is 0 Å². The smallest absolute Gasteiger partial charge is 0.0897 e. The van der Waals surface area contributed by atoms with Crippen LogP contribution in [0.2, 0.25) is 0 Å². The second-order valence-electron chi connectivity index (χ2n) is 5.77. The van der Waals surface area contributed by atoms with Gasteiger partial charge in [-0.15, -0.1) is 0 Å². The summed E-state index contributed by atoms with van der Waals surface area (Å²) < 4.78 is 5.56. The molecule has 1 atom stereocenters. The van der Waals surface area contributed by atoms with Crippen molar-refractivity contribution in [3.63, 3.8) is 0 Å². The SMILES string of the molecule is CSC1CCC(NCC(O)COCc2ccccc2)CC1. The van der Waals surface area contributed by atoms with Crippen molar-refractivity contribution in [2.75, 3.05) is 19.4 Å². The van der Waals surface area contributed by atoms with Crippen LogP contribution in [0.4, 0.5) is 0 Å². The van der Waals surface area contributed by atoms with E-state index in [1.165, 1.54) is 25.7 Å². The third-order valence-corrected chi connectivity index (χ3v) is 5.21. The third kappa shape index (κ3) is 6.39. The lowest BCUT2D eigenvalue weighted by Crippen LogP contribution is -2.39. The molecular weight excluding hydrogens is 282 g/mol. The average Bonchev–Trinajstić information content (AvgIpc) is 2.54. The molecule has 0 aromatic heterocycles. The van der Waals surface area contributed by atoms with Crippen molar-refractivity contribution >= 4 is 11.8 Å². The van der Waals surface area contributed by atoms with Crippen LogP contribution in [0.5, 0.6) is 0 Å². The lowest BCUT2D eigenvalue weighted by atomic mass is 9.95. The largest absolute Gasteiger partial charge is 0.389 e. The molecule has 1 saturated carbocycles. The van der Waals surface area contributed by atoms with Gasteiger partial charge < -0.3 is 15.2 Å². The molecule has 1 unspecified atom stereocenters. The number of hydrogen-bond acceptors (Lipinski definition) is 4. The lowest BCUT2D eigenvalue weighted by Gasteiger charge is -2.28. The van der Waals surface area contributed by atoms with Gasteiger partial charge in [-0.3, -0.25) is 0 Å². The summed E-state index contributed by atoms with van der Waals surface area (Å²) >= 11 is 1.98. The van der Waals surface area contributed by atoms with E-state index < -0.39 is 6.10 Å². The quantitative estimate of drug-likeness (QED) is 0.775. The lowest BCUT2D eigenvalue weighted by molar-refractivity contribution is 0.0270. The van der Waals surface area contributed by atoms with Crippen molar-refractivity contribution < 1.29 is 9.84 Å². The van der Waals surface area contributed by atoms with Crippen molar-refractivity contribution in [1.82, 2.24) is 5.32 Å². The summed E-state index contributed by atoms with van der Waals surface area (Å²) in [5.41, 5.74) is 1.15. The number of nitrogens with one attached hydrogen (secondary N) is 1. The second kappa shape index (κ2) is 9.46. The Bertz CT molecular complexity index is 380. The van der Waals surface area contributed by atoms with Crippen LogP contribution in [0.3, 0.4) is 0 Å². The molecule has 0 bridgehead atoms. The summed E-state index contributed by atoms with van der Waals surface area (Å²) in [5.74, 6) is 0. The maximum atomic E-state index is 9.96. The predicted octanol–water partition coefficient (Wildman–Crippen LogP) is 2.83. The number of thioether (sulfide) groups is 1. The number of hydrogen-bond donors (Lipinski definition) is 2. The molecule has 4 heteroatoms. The van der Waals surface area contributed by atoms with Crippen LogP contribution in [0.1, 0.15) is 31.2 Å². The molecule has 0 aliphatic heterocycles. The van der Waals surface area contributed by atoms with Gasteiger partial charge in [-0.05, 0) is 37.5 Å². The Kier molecular flexibility index (Phi) is 7.58. The molecule has 1 aliphatic carbocycles. The van der Waals surface area contributed by atoms with Crippen LogP contribution < -0.4 is 5.32 Å². The molecule has 1 aliphatic rings. The Morgan fingerprint density at radius 3 is 2.62 bits per heavy atom. The normalized spacial score (nSPS) is 23.9. The molecular formula is C17H27NO2S. The zero-order chi connectivity index (χ0) is 14.9. The highest BCUT2D eigenvalue weighted by molar-refractivity contribution is 7.99. The summed E-state index contributed by atoms with van der Waals surface area (Å²) in [4.78, 5) is 0. The molecule has 2 N–H and O–H groups in total. The molecule has 0 saturated heterocycles. The number of aliphatic hydroxyl groups excluding tert-OH is 1. The van der Waals surface area contributed by atoms with Crippen LogP contribution in [-0.2, 0) is 11.3 Å². The maximum absolute atomic E-state index is 9.96. The van der Waals surface area contributed by atoms with Gasteiger partial charge in [0.15, 0.2) is 0 Å². The summed E-state index contributed by atoms with van der Waals surface area (Å²) in [6.45, 7) is 1.59. The molecule has 0 amide bonds. The maximum Gasteiger partial charge on any atom is 0.0897 e. The standard InChI is InChI=1S/C17H27NO2S/c1-21-17-9-7-15(8-10-17)18-11-16(19)13-20-12-14-5-3-2-4-6-14/h2-6,15-19H,7-13H2,1H3. The Hall–Kier alpha value is -0.550. The van der Waals surface area contributed by atoms with Crippen molar-refractivity contribution in [2.45, 2.75) is 49.7 Å². The van der Waals surface area contributed by atoms with E-state index in [1.54, 1.807) is 0 Å². The molecule has 0 radical (unpaired) electrons. The van der Waals surface area contributed by atoms with E-state index in [4.69, 9.17) is 4.74 Å². The molecule has 0 spiro atoms. The first-order chi connectivity index (χ1) is 10.3. The van der Waals surface area contributed by atoms with Crippen molar-refractivity contribution in [3.05, 3.63) is 35.9 Å². The Morgan fingerprint density at radius 2 is 1.95 bits per heavy atom. The second-order valence-corrected chi connectivity index (χ2v) is 6.91. The monoisotopic (exact) mass is 309 g/mol. The molecule has 21 heavy (non-hydrogen) atoms. The van der Waals surface area contributed by atoms with Gasteiger partial charge in [0.05, 0.1) is 19.3 Å². The fourth-order valence-corrected chi connectivity index (χ4v) is 3.49. The molecule has 3 nitrogen and oxygen atoms in total. The zero-order valence-electron chi connectivity index (χ0n) is 12.8. The van der Waals surface area contributed by atoms with E-state index in [9.17, 15) is 5.11 Å². The Labute approximate surface area is 132 Å². The highest BCUT2D eigenvalue weighted by Crippen LogP contribution is 2.26. The highest BCUT2D eigenvalue weighted by Gasteiger charge is 2.20. The van der Waals surface area contributed by atoms with E-state index in [2.05, 4.69) is 11.6 Å². The van der Waals surface area contributed by atoms with E-state index in [1.807, 2.05) is 42.1 Å². The molecule has 1 aromatic carbocycles. The first-order valence-corrected chi connectivity index (χ1v) is 9.12. The van der Waals surface area contributed by atoms with E-state index in [-0.39, 0.29) is 0 Å². The van der Waals surface area contributed by atoms with Gasteiger partial charge in [-0.25, -0.2) is 0 Å². The zero-order valence-corrected chi connectivity index (χ0v) is 13.6. The average molecular weight is 309 g/mol. The van der Waals surface area contributed by atoms with Crippen molar-refractivity contribution in [1.29, 1.82) is 0 Å². The van der Waals surface area contributed by atoms with Crippen molar-refractivity contribution in [2.24, 2.45) is 0 Å². The van der Waals surface area contributed by atoms with Gasteiger partial charge in [-0.2, -0.15) is 11.8 Å². The third-order valence-electron chi connectivity index (χ3n) is 4.07. The molecule has 0 heterocycles. The first-order valence-electron chi connectivity index (χ1n) is 7.84. The number of rotatable bonds is 8. The van der Waals surface area contributed by atoms with Gasteiger partial charge in [0, 0.05) is 17.8 Å². The minimum absolute atomic E-state index is 0.391. The minimum Gasteiger partial charge on any atom is -0.389 e. The van der Waals surface area contributed by atoms with Gasteiger partial charge in [0.1, 0.15) is 0 Å². The van der Waals surface area contributed by atoms with Crippen LogP contribution >= 0.6 is 11.8 Å². The predicted molar refractivity (Wildman–Crippen MR) is 89.7 cm³/mol. The highest BCUT2D eigenvalue weighted by atomic mass is 32.2. The van der Waals surface area contributed by atoms with Gasteiger partial charge in [-0.1, -0.05) is 30.3 Å². The minimum atomic E-state index is -0.424. The topological polar surface area (TPSA) is 41.5 Å². The molecule has 1 aromatic rings. The van der Waals surface area contributed by atoms with E-state index in [0.717, 1.165) is 10.8 Å². The molecule has 118 valence electrons. The number of benzene rings is 1. The van der Waals surface area contributed by atoms with Crippen LogP contribution in [0, 0.1) is 0 Å². The number of aliphatic hydroxyl groups is 1. The molecule has 2 rings (SSSR count). The first kappa shape index (κ1) is 16.8. The fourth-order valence-electron chi connectivity index (χ4n) is 2.75. The Balaban J connectivity index is 1.54. The molecule has 1 fully saturated rings. The van der Waals surface area contributed by atoms with Crippen LogP contribution in [0.25, 0.3) is 0 Å². The Morgan fingerprint density at radius 1 is 1.24 bits per heavy atom.